The quantitative estimate of drug-likeness (QED) is 0.760. The second-order valence-corrected chi connectivity index (χ2v) is 6.44. The molecule has 4 rings (SSSR count). The maximum absolute atomic E-state index is 12.5. The van der Waals surface area contributed by atoms with Crippen LogP contribution in [0.1, 0.15) is 36.6 Å². The maximum atomic E-state index is 12.5. The first-order chi connectivity index (χ1) is 12.3. The predicted octanol–water partition coefficient (Wildman–Crippen LogP) is 4.21. The molecule has 1 N–H and O–H groups in total. The number of amides is 1. The highest BCUT2D eigenvalue weighted by Gasteiger charge is 2.24. The van der Waals surface area contributed by atoms with Crippen LogP contribution in [-0.4, -0.2) is 18.6 Å². The molecular weight excluding hydrogens is 314 g/mol. The maximum Gasteiger partial charge on any atom is 0.223 e. The predicted molar refractivity (Wildman–Crippen MR) is 96.2 cm³/mol. The zero-order valence-corrected chi connectivity index (χ0v) is 14.0. The Kier molecular flexibility index (Phi) is 4.53. The summed E-state index contributed by atoms with van der Waals surface area (Å²) in [6, 6.07) is 19.5. The zero-order chi connectivity index (χ0) is 17.1. The minimum Gasteiger partial charge on any atom is -0.459 e. The molecule has 128 valence electrons. The molecule has 0 saturated carbocycles. The van der Waals surface area contributed by atoms with Gasteiger partial charge in [-0.25, -0.2) is 0 Å². The summed E-state index contributed by atoms with van der Waals surface area (Å²) in [6.07, 6.45) is 2.41. The molecule has 3 aromatic rings. The van der Waals surface area contributed by atoms with Gasteiger partial charge < -0.3 is 14.5 Å². The number of rotatable bonds is 5. The first-order valence-electron chi connectivity index (χ1n) is 8.74. The standard InChI is InChI=1S/C21H21NO3/c23-20(14-17-10-6-12-24-17)22-21(15-7-2-1-3-8-15)19-13-16-9-4-5-11-18(16)25-19/h1-5,7-9,11,13,17,21H,6,10,12,14H2,(H,22,23)/t17-,21-/m1/s1. The third-order valence-corrected chi connectivity index (χ3v) is 4.60. The Hall–Kier alpha value is -2.59. The lowest BCUT2D eigenvalue weighted by molar-refractivity contribution is -0.123. The van der Waals surface area contributed by atoms with Crippen LogP contribution in [0.5, 0.6) is 0 Å². The topological polar surface area (TPSA) is 51.5 Å². The van der Waals surface area contributed by atoms with Crippen molar-refractivity contribution in [2.24, 2.45) is 0 Å². The lowest BCUT2D eigenvalue weighted by atomic mass is 10.0. The summed E-state index contributed by atoms with van der Waals surface area (Å²) in [5.74, 6) is 0.731. The SMILES string of the molecule is O=C(C[C@H]1CCCO1)N[C@H](c1ccccc1)c1cc2ccccc2o1. The van der Waals surface area contributed by atoms with Crippen molar-refractivity contribution >= 4 is 16.9 Å². The Balaban J connectivity index is 1.61. The van der Waals surface area contributed by atoms with E-state index in [1.807, 2.05) is 60.7 Å². The monoisotopic (exact) mass is 335 g/mol. The van der Waals surface area contributed by atoms with Gasteiger partial charge in [0.2, 0.25) is 5.91 Å². The minimum atomic E-state index is -0.303. The van der Waals surface area contributed by atoms with E-state index in [9.17, 15) is 4.79 Å². The van der Waals surface area contributed by atoms with E-state index in [-0.39, 0.29) is 18.1 Å². The lowest BCUT2D eigenvalue weighted by Gasteiger charge is -2.18. The van der Waals surface area contributed by atoms with Crippen LogP contribution in [0.25, 0.3) is 11.0 Å². The van der Waals surface area contributed by atoms with E-state index in [1.54, 1.807) is 0 Å². The van der Waals surface area contributed by atoms with Crippen LogP contribution in [0, 0.1) is 0 Å². The third-order valence-electron chi connectivity index (χ3n) is 4.60. The molecule has 0 unspecified atom stereocenters. The van der Waals surface area contributed by atoms with E-state index in [2.05, 4.69) is 5.32 Å². The molecule has 0 spiro atoms. The number of carbonyl (C=O) groups excluding carboxylic acids is 1. The highest BCUT2D eigenvalue weighted by atomic mass is 16.5. The number of fused-ring (bicyclic) bond motifs is 1. The number of hydrogen-bond acceptors (Lipinski definition) is 3. The Morgan fingerprint density at radius 1 is 1.12 bits per heavy atom. The molecule has 4 heteroatoms. The van der Waals surface area contributed by atoms with Crippen LogP contribution in [0.2, 0.25) is 0 Å². The van der Waals surface area contributed by atoms with Gasteiger partial charge in [-0.2, -0.15) is 0 Å². The molecular formula is C21H21NO3. The summed E-state index contributed by atoms with van der Waals surface area (Å²) < 4.78 is 11.6. The van der Waals surface area contributed by atoms with Crippen LogP contribution in [0.3, 0.4) is 0 Å². The molecule has 1 aromatic heterocycles. The molecule has 1 aliphatic rings. The normalized spacial score (nSPS) is 18.3. The third kappa shape index (κ3) is 3.59. The first kappa shape index (κ1) is 15.9. The van der Waals surface area contributed by atoms with Crippen molar-refractivity contribution in [2.75, 3.05) is 6.61 Å². The Bertz CT molecular complexity index is 817. The average molecular weight is 335 g/mol. The Morgan fingerprint density at radius 3 is 2.68 bits per heavy atom. The van der Waals surface area contributed by atoms with Crippen LogP contribution in [0.4, 0.5) is 0 Å². The van der Waals surface area contributed by atoms with Gasteiger partial charge in [0.25, 0.3) is 0 Å². The second kappa shape index (κ2) is 7.11. The van der Waals surface area contributed by atoms with Gasteiger partial charge in [0, 0.05) is 12.0 Å². The minimum absolute atomic E-state index is 0.0128. The lowest BCUT2D eigenvalue weighted by Crippen LogP contribution is -2.31. The summed E-state index contributed by atoms with van der Waals surface area (Å²) in [5, 5.41) is 4.16. The molecule has 1 amide bonds. The van der Waals surface area contributed by atoms with Crippen LogP contribution >= 0.6 is 0 Å². The largest absolute Gasteiger partial charge is 0.459 e. The number of furan rings is 1. The van der Waals surface area contributed by atoms with Crippen molar-refractivity contribution in [2.45, 2.75) is 31.4 Å². The molecule has 0 aliphatic carbocycles. The van der Waals surface area contributed by atoms with Gasteiger partial charge >= 0.3 is 0 Å². The summed E-state index contributed by atoms with van der Waals surface area (Å²) in [6.45, 7) is 0.754. The molecule has 2 aromatic carbocycles. The summed E-state index contributed by atoms with van der Waals surface area (Å²) in [4.78, 5) is 12.5. The van der Waals surface area contributed by atoms with Crippen molar-refractivity contribution in [3.05, 3.63) is 72.0 Å². The number of ether oxygens (including phenoxy) is 1. The van der Waals surface area contributed by atoms with Gasteiger partial charge in [-0.1, -0.05) is 48.5 Å². The highest BCUT2D eigenvalue weighted by molar-refractivity contribution is 5.80. The smallest absolute Gasteiger partial charge is 0.223 e. The van der Waals surface area contributed by atoms with Gasteiger partial charge in [-0.05, 0) is 30.5 Å². The van der Waals surface area contributed by atoms with Crippen molar-refractivity contribution in [1.29, 1.82) is 0 Å². The zero-order valence-electron chi connectivity index (χ0n) is 14.0. The summed E-state index contributed by atoms with van der Waals surface area (Å²) in [5.41, 5.74) is 1.83. The molecule has 4 nitrogen and oxygen atoms in total. The molecule has 1 saturated heterocycles. The van der Waals surface area contributed by atoms with Crippen molar-refractivity contribution in [1.82, 2.24) is 5.32 Å². The highest BCUT2D eigenvalue weighted by Crippen LogP contribution is 2.28. The van der Waals surface area contributed by atoms with E-state index in [0.29, 0.717) is 6.42 Å². The molecule has 1 aliphatic heterocycles. The fourth-order valence-electron chi connectivity index (χ4n) is 3.34. The average Bonchev–Trinajstić information content (AvgIpc) is 3.29. The fourth-order valence-corrected chi connectivity index (χ4v) is 3.34. The van der Waals surface area contributed by atoms with Gasteiger partial charge in [-0.3, -0.25) is 4.79 Å². The van der Waals surface area contributed by atoms with Crippen LogP contribution in [-0.2, 0) is 9.53 Å². The summed E-state index contributed by atoms with van der Waals surface area (Å²) in [7, 11) is 0. The van der Waals surface area contributed by atoms with Gasteiger partial charge in [0.05, 0.1) is 12.5 Å². The van der Waals surface area contributed by atoms with Crippen molar-refractivity contribution in [3.8, 4) is 0 Å². The second-order valence-electron chi connectivity index (χ2n) is 6.44. The number of para-hydroxylation sites is 1. The van der Waals surface area contributed by atoms with Gasteiger partial charge in [-0.15, -0.1) is 0 Å². The van der Waals surface area contributed by atoms with Crippen molar-refractivity contribution in [3.63, 3.8) is 0 Å². The molecule has 1 fully saturated rings. The first-order valence-corrected chi connectivity index (χ1v) is 8.74. The Morgan fingerprint density at radius 2 is 1.92 bits per heavy atom. The molecule has 0 bridgehead atoms. The molecule has 2 atom stereocenters. The number of hydrogen-bond donors (Lipinski definition) is 1. The number of carbonyl (C=O) groups is 1. The van der Waals surface area contributed by atoms with E-state index in [0.717, 1.165) is 41.7 Å². The Labute approximate surface area is 146 Å². The summed E-state index contributed by atoms with van der Waals surface area (Å²) >= 11 is 0. The van der Waals surface area contributed by atoms with E-state index < -0.39 is 0 Å². The molecule has 25 heavy (non-hydrogen) atoms. The van der Waals surface area contributed by atoms with Crippen LogP contribution in [0.15, 0.2) is 65.1 Å². The molecule has 2 heterocycles. The van der Waals surface area contributed by atoms with E-state index >= 15 is 0 Å². The van der Waals surface area contributed by atoms with Crippen molar-refractivity contribution < 1.29 is 13.9 Å². The van der Waals surface area contributed by atoms with E-state index in [1.165, 1.54) is 0 Å². The van der Waals surface area contributed by atoms with E-state index in [4.69, 9.17) is 9.15 Å². The molecule has 0 radical (unpaired) electrons. The number of benzene rings is 2. The van der Waals surface area contributed by atoms with Gasteiger partial charge in [0.15, 0.2) is 0 Å². The van der Waals surface area contributed by atoms with Gasteiger partial charge in [0.1, 0.15) is 17.4 Å². The fraction of sp³-hybridized carbons (Fsp3) is 0.286. The number of nitrogens with one attached hydrogen (secondary N) is 1. The van der Waals surface area contributed by atoms with Crippen LogP contribution < -0.4 is 5.32 Å².